The zero-order valence-corrected chi connectivity index (χ0v) is 12.7. The highest BCUT2D eigenvalue weighted by atomic mass is 32.2. The molecule has 0 aliphatic carbocycles. The van der Waals surface area contributed by atoms with E-state index in [1.54, 1.807) is 0 Å². The molecule has 6 heteroatoms. The second kappa shape index (κ2) is 7.62. The average Bonchev–Trinajstić information content (AvgIpc) is 2.32. The zero-order valence-electron chi connectivity index (χ0n) is 11.9. The molecule has 19 heavy (non-hydrogen) atoms. The second-order valence-corrected chi connectivity index (χ2v) is 7.10. The fourth-order valence-electron chi connectivity index (χ4n) is 2.29. The van der Waals surface area contributed by atoms with E-state index in [1.807, 2.05) is 23.6 Å². The molecule has 5 nitrogen and oxygen atoms in total. The predicted octanol–water partition coefficient (Wildman–Crippen LogP) is 2.02. The highest BCUT2D eigenvalue weighted by Gasteiger charge is 2.26. The first-order valence-corrected chi connectivity index (χ1v) is 7.76. The SMILES string of the molecule is CCC(CNC(=O)N1CC(C)SC(C)C1)CC(=O)O. The van der Waals surface area contributed by atoms with Crippen molar-refractivity contribution in [2.75, 3.05) is 19.6 Å². The number of thioether (sulfide) groups is 1. The van der Waals surface area contributed by atoms with E-state index in [9.17, 15) is 9.59 Å². The van der Waals surface area contributed by atoms with E-state index in [-0.39, 0.29) is 18.4 Å². The van der Waals surface area contributed by atoms with Crippen molar-refractivity contribution in [2.24, 2.45) is 5.92 Å². The van der Waals surface area contributed by atoms with Crippen LogP contribution in [0.25, 0.3) is 0 Å². The Morgan fingerprint density at radius 3 is 2.42 bits per heavy atom. The van der Waals surface area contributed by atoms with Gasteiger partial charge in [-0.25, -0.2) is 4.79 Å². The van der Waals surface area contributed by atoms with E-state index < -0.39 is 5.97 Å². The third-order valence-electron chi connectivity index (χ3n) is 3.29. The summed E-state index contributed by atoms with van der Waals surface area (Å²) in [6.07, 6.45) is 0.870. The van der Waals surface area contributed by atoms with E-state index in [0.29, 0.717) is 17.0 Å². The number of carboxylic acids is 1. The summed E-state index contributed by atoms with van der Waals surface area (Å²) in [4.78, 5) is 24.6. The maximum Gasteiger partial charge on any atom is 0.317 e. The standard InChI is InChI=1S/C13H24N2O3S/c1-4-11(5-12(16)17)6-14-13(18)15-7-9(2)19-10(3)8-15/h9-11H,4-8H2,1-3H3,(H,14,18)(H,16,17). The van der Waals surface area contributed by atoms with E-state index in [2.05, 4.69) is 19.2 Å². The molecule has 1 fully saturated rings. The topological polar surface area (TPSA) is 69.6 Å². The molecular weight excluding hydrogens is 264 g/mol. The van der Waals surface area contributed by atoms with Crippen LogP contribution in [0.3, 0.4) is 0 Å². The summed E-state index contributed by atoms with van der Waals surface area (Å²) < 4.78 is 0. The van der Waals surface area contributed by atoms with E-state index >= 15 is 0 Å². The summed E-state index contributed by atoms with van der Waals surface area (Å²) in [5.74, 6) is -0.798. The first-order chi connectivity index (χ1) is 8.92. The van der Waals surface area contributed by atoms with Crippen LogP contribution in [0.5, 0.6) is 0 Å². The highest BCUT2D eigenvalue weighted by molar-refractivity contribution is 8.00. The molecule has 2 amide bonds. The normalized spacial score (nSPS) is 24.9. The van der Waals surface area contributed by atoms with Gasteiger partial charge in [0, 0.05) is 36.6 Å². The molecule has 0 aromatic carbocycles. The molecule has 3 unspecified atom stereocenters. The number of nitrogens with zero attached hydrogens (tertiary/aromatic N) is 1. The van der Waals surface area contributed by atoms with Crippen LogP contribution in [0.15, 0.2) is 0 Å². The van der Waals surface area contributed by atoms with Crippen molar-refractivity contribution in [3.63, 3.8) is 0 Å². The lowest BCUT2D eigenvalue weighted by Gasteiger charge is -2.34. The van der Waals surface area contributed by atoms with Gasteiger partial charge in [0.15, 0.2) is 0 Å². The quantitative estimate of drug-likeness (QED) is 0.812. The lowest BCUT2D eigenvalue weighted by Crippen LogP contribution is -2.49. The molecule has 1 aliphatic rings. The van der Waals surface area contributed by atoms with Crippen molar-refractivity contribution in [1.82, 2.24) is 10.2 Å². The average molecular weight is 288 g/mol. The third kappa shape index (κ3) is 5.72. The van der Waals surface area contributed by atoms with Gasteiger partial charge in [-0.1, -0.05) is 27.2 Å². The fourth-order valence-corrected chi connectivity index (χ4v) is 3.62. The van der Waals surface area contributed by atoms with Crippen LogP contribution in [-0.4, -0.2) is 52.1 Å². The zero-order chi connectivity index (χ0) is 14.4. The molecule has 1 rings (SSSR count). The molecule has 0 aromatic heterocycles. The van der Waals surface area contributed by atoms with Gasteiger partial charge in [-0.2, -0.15) is 11.8 Å². The Balaban J connectivity index is 2.39. The number of urea groups is 1. The van der Waals surface area contributed by atoms with Gasteiger partial charge in [0.25, 0.3) is 0 Å². The summed E-state index contributed by atoms with van der Waals surface area (Å²) in [6.45, 7) is 8.16. The largest absolute Gasteiger partial charge is 0.481 e. The summed E-state index contributed by atoms with van der Waals surface area (Å²) in [7, 11) is 0. The molecule has 1 heterocycles. The summed E-state index contributed by atoms with van der Waals surface area (Å²) in [5, 5.41) is 12.5. The van der Waals surface area contributed by atoms with E-state index in [1.165, 1.54) is 0 Å². The minimum atomic E-state index is -0.808. The van der Waals surface area contributed by atoms with E-state index in [0.717, 1.165) is 19.5 Å². The minimum absolute atomic E-state index is 0.00969. The number of carbonyl (C=O) groups excluding carboxylic acids is 1. The lowest BCUT2D eigenvalue weighted by molar-refractivity contribution is -0.138. The van der Waals surface area contributed by atoms with Crippen LogP contribution in [0.1, 0.15) is 33.6 Å². The Bertz CT molecular complexity index is 315. The van der Waals surface area contributed by atoms with Crippen molar-refractivity contribution >= 4 is 23.8 Å². The van der Waals surface area contributed by atoms with Gasteiger partial charge in [-0.05, 0) is 5.92 Å². The van der Waals surface area contributed by atoms with Crippen molar-refractivity contribution in [3.05, 3.63) is 0 Å². The number of aliphatic carboxylic acids is 1. The smallest absolute Gasteiger partial charge is 0.317 e. The van der Waals surface area contributed by atoms with Crippen LogP contribution in [0.4, 0.5) is 4.79 Å². The number of hydrogen-bond acceptors (Lipinski definition) is 3. The molecule has 3 atom stereocenters. The maximum absolute atomic E-state index is 12.1. The molecule has 0 radical (unpaired) electrons. The number of carboxylic acid groups (broad SMARTS) is 1. The van der Waals surface area contributed by atoms with Gasteiger partial charge >= 0.3 is 12.0 Å². The van der Waals surface area contributed by atoms with Crippen molar-refractivity contribution in [2.45, 2.75) is 44.1 Å². The Hall–Kier alpha value is -0.910. The lowest BCUT2D eigenvalue weighted by atomic mass is 10.0. The molecule has 110 valence electrons. The molecule has 2 N–H and O–H groups in total. The Labute approximate surface area is 119 Å². The number of rotatable bonds is 5. The fraction of sp³-hybridized carbons (Fsp3) is 0.846. The van der Waals surface area contributed by atoms with Gasteiger partial charge in [-0.3, -0.25) is 4.79 Å². The van der Waals surface area contributed by atoms with Crippen molar-refractivity contribution in [3.8, 4) is 0 Å². The Morgan fingerprint density at radius 2 is 1.95 bits per heavy atom. The maximum atomic E-state index is 12.1. The molecule has 0 saturated carbocycles. The second-order valence-electron chi connectivity index (χ2n) is 5.22. The van der Waals surface area contributed by atoms with E-state index in [4.69, 9.17) is 5.11 Å². The van der Waals surface area contributed by atoms with Crippen LogP contribution >= 0.6 is 11.8 Å². The monoisotopic (exact) mass is 288 g/mol. The Kier molecular flexibility index (Phi) is 6.48. The molecule has 1 saturated heterocycles. The molecule has 1 aliphatic heterocycles. The van der Waals surface area contributed by atoms with Gasteiger partial charge in [0.05, 0.1) is 0 Å². The Morgan fingerprint density at radius 1 is 1.37 bits per heavy atom. The summed E-state index contributed by atoms with van der Waals surface area (Å²) in [5.41, 5.74) is 0. The minimum Gasteiger partial charge on any atom is -0.481 e. The van der Waals surface area contributed by atoms with Crippen molar-refractivity contribution in [1.29, 1.82) is 0 Å². The predicted molar refractivity (Wildman–Crippen MR) is 77.5 cm³/mol. The number of carbonyl (C=O) groups is 2. The highest BCUT2D eigenvalue weighted by Crippen LogP contribution is 2.24. The summed E-state index contributed by atoms with van der Waals surface area (Å²) in [6, 6.07) is -0.0668. The van der Waals surface area contributed by atoms with Gasteiger partial charge in [-0.15, -0.1) is 0 Å². The summed E-state index contributed by atoms with van der Waals surface area (Å²) >= 11 is 1.90. The first-order valence-electron chi connectivity index (χ1n) is 6.82. The first kappa shape index (κ1) is 16.1. The molecule has 0 spiro atoms. The number of nitrogens with one attached hydrogen (secondary N) is 1. The van der Waals surface area contributed by atoms with Crippen LogP contribution in [-0.2, 0) is 4.79 Å². The van der Waals surface area contributed by atoms with Crippen LogP contribution in [0, 0.1) is 5.92 Å². The van der Waals surface area contributed by atoms with Gasteiger partial charge in [0.1, 0.15) is 0 Å². The number of amides is 2. The van der Waals surface area contributed by atoms with Crippen molar-refractivity contribution < 1.29 is 14.7 Å². The molecule has 0 bridgehead atoms. The van der Waals surface area contributed by atoms with Gasteiger partial charge < -0.3 is 15.3 Å². The van der Waals surface area contributed by atoms with Crippen LogP contribution < -0.4 is 5.32 Å². The van der Waals surface area contributed by atoms with Crippen LogP contribution in [0.2, 0.25) is 0 Å². The molecular formula is C13H24N2O3S. The third-order valence-corrected chi connectivity index (χ3v) is 4.52. The van der Waals surface area contributed by atoms with Gasteiger partial charge in [0.2, 0.25) is 0 Å². The number of hydrogen-bond donors (Lipinski definition) is 2. The molecule has 0 aromatic rings.